The Labute approximate surface area is 73.7 Å². The zero-order valence-electron chi connectivity index (χ0n) is 6.73. The van der Waals surface area contributed by atoms with Crippen LogP contribution >= 0.6 is 0 Å². The molecule has 0 bridgehead atoms. The Morgan fingerprint density at radius 2 is 2.08 bits per heavy atom. The molecule has 0 saturated heterocycles. The van der Waals surface area contributed by atoms with Gasteiger partial charge in [0.15, 0.2) is 0 Å². The number of carbonyl (C=O) groups excluding carboxylic acids is 1. The number of aromatic nitrogens is 1. The number of aromatic carboxylic acids is 1. The van der Waals surface area contributed by atoms with E-state index < -0.39 is 12.0 Å². The maximum atomic E-state index is 10.8. The zero-order valence-corrected chi connectivity index (χ0v) is 6.73. The quantitative estimate of drug-likeness (QED) is 0.577. The lowest BCUT2D eigenvalue weighted by atomic mass is 10.4. The van der Waals surface area contributed by atoms with Gasteiger partial charge in [0.2, 0.25) is 0 Å². The fourth-order valence-electron chi connectivity index (χ4n) is 1.07. The van der Waals surface area contributed by atoms with Gasteiger partial charge < -0.3 is 16.6 Å². The molecule has 13 heavy (non-hydrogen) atoms. The van der Waals surface area contributed by atoms with Crippen LogP contribution in [-0.2, 0) is 6.54 Å². The molecule has 0 aromatic carbocycles. The molecule has 1 heterocycles. The van der Waals surface area contributed by atoms with Gasteiger partial charge in [0.1, 0.15) is 5.69 Å². The summed E-state index contributed by atoms with van der Waals surface area (Å²) < 4.78 is 0.877. The maximum absolute atomic E-state index is 10.8. The molecule has 5 N–H and O–H groups in total. The lowest BCUT2D eigenvalue weighted by molar-refractivity contribution is 0.0686. The number of hydrogen-bond acceptors (Lipinski definition) is 3. The highest BCUT2D eigenvalue weighted by molar-refractivity contribution is 5.92. The molecule has 0 unspecified atom stereocenters. The molecule has 0 aliphatic heterocycles. The maximum Gasteiger partial charge on any atom is 0.353 e. The van der Waals surface area contributed by atoms with E-state index in [0.29, 0.717) is 5.69 Å². The van der Waals surface area contributed by atoms with Crippen molar-refractivity contribution in [1.82, 2.24) is 4.57 Å². The first-order valence-electron chi connectivity index (χ1n) is 3.51. The van der Waals surface area contributed by atoms with Gasteiger partial charge in [0.25, 0.3) is 0 Å². The third kappa shape index (κ3) is 1.52. The summed E-state index contributed by atoms with van der Waals surface area (Å²) in [4.78, 5) is 21.4. The van der Waals surface area contributed by atoms with Crippen LogP contribution in [0.4, 0.5) is 4.79 Å². The number of nitrogens with two attached hydrogens (primary N) is 2. The molecule has 1 aromatic rings. The first kappa shape index (κ1) is 9.27. The van der Waals surface area contributed by atoms with Crippen molar-refractivity contribution < 1.29 is 14.7 Å². The molecular formula is C7H9N3O3. The molecule has 1 aromatic heterocycles. The van der Waals surface area contributed by atoms with Crippen molar-refractivity contribution in [3.8, 4) is 0 Å². The van der Waals surface area contributed by atoms with Crippen LogP contribution < -0.4 is 11.5 Å². The van der Waals surface area contributed by atoms with Crippen molar-refractivity contribution >= 4 is 12.0 Å². The Bertz CT molecular complexity index is 356. The van der Waals surface area contributed by atoms with E-state index in [1.165, 1.54) is 12.1 Å². The van der Waals surface area contributed by atoms with Gasteiger partial charge in [-0.05, 0) is 12.1 Å². The molecule has 0 aliphatic rings. The minimum Gasteiger partial charge on any atom is -0.477 e. The fourth-order valence-corrected chi connectivity index (χ4v) is 1.07. The number of rotatable bonds is 2. The lowest BCUT2D eigenvalue weighted by Crippen LogP contribution is -2.26. The molecule has 0 atom stereocenters. The molecule has 0 radical (unpaired) electrons. The molecule has 0 fully saturated rings. The Balaban J connectivity index is 3.30. The highest BCUT2D eigenvalue weighted by atomic mass is 16.4. The highest BCUT2D eigenvalue weighted by Crippen LogP contribution is 2.07. The summed E-state index contributed by atoms with van der Waals surface area (Å²) in [6.07, 6.45) is 0. The lowest BCUT2D eigenvalue weighted by Gasteiger charge is -2.03. The Morgan fingerprint density at radius 3 is 2.46 bits per heavy atom. The summed E-state index contributed by atoms with van der Waals surface area (Å²) in [5.41, 5.74) is 10.5. The van der Waals surface area contributed by atoms with Gasteiger partial charge in [-0.1, -0.05) is 0 Å². The largest absolute Gasteiger partial charge is 0.477 e. The van der Waals surface area contributed by atoms with Crippen molar-refractivity contribution in [2.75, 3.05) is 0 Å². The van der Waals surface area contributed by atoms with Crippen LogP contribution in [0.3, 0.4) is 0 Å². The van der Waals surface area contributed by atoms with Crippen molar-refractivity contribution in [3.05, 3.63) is 23.5 Å². The Kier molecular flexibility index (Phi) is 2.34. The van der Waals surface area contributed by atoms with Crippen molar-refractivity contribution in [2.45, 2.75) is 6.54 Å². The van der Waals surface area contributed by atoms with E-state index in [2.05, 4.69) is 0 Å². The summed E-state index contributed by atoms with van der Waals surface area (Å²) in [6.45, 7) is 0.0657. The number of primary amides is 1. The number of carboxylic acid groups (broad SMARTS) is 1. The van der Waals surface area contributed by atoms with E-state index >= 15 is 0 Å². The summed E-state index contributed by atoms with van der Waals surface area (Å²) >= 11 is 0. The van der Waals surface area contributed by atoms with E-state index in [9.17, 15) is 9.59 Å². The molecular weight excluding hydrogens is 174 g/mol. The van der Waals surface area contributed by atoms with Crippen LogP contribution in [0.25, 0.3) is 0 Å². The van der Waals surface area contributed by atoms with Crippen LogP contribution in [0.5, 0.6) is 0 Å². The van der Waals surface area contributed by atoms with Crippen LogP contribution in [0.2, 0.25) is 0 Å². The second-order valence-electron chi connectivity index (χ2n) is 2.39. The smallest absolute Gasteiger partial charge is 0.353 e. The number of carboxylic acids is 1. The number of nitrogens with zero attached hydrogens (tertiary/aromatic N) is 1. The molecule has 0 aliphatic carbocycles. The second kappa shape index (κ2) is 3.28. The van der Waals surface area contributed by atoms with Crippen molar-refractivity contribution in [3.63, 3.8) is 0 Å². The van der Waals surface area contributed by atoms with Crippen LogP contribution in [0.15, 0.2) is 12.1 Å². The Hall–Kier alpha value is -1.82. The van der Waals surface area contributed by atoms with Crippen molar-refractivity contribution in [1.29, 1.82) is 0 Å². The third-order valence-electron chi connectivity index (χ3n) is 1.61. The first-order chi connectivity index (χ1) is 6.07. The van der Waals surface area contributed by atoms with E-state index in [0.717, 1.165) is 4.57 Å². The summed E-state index contributed by atoms with van der Waals surface area (Å²) in [5, 5.41) is 8.65. The molecule has 6 heteroatoms. The van der Waals surface area contributed by atoms with E-state index in [1.54, 1.807) is 0 Å². The summed E-state index contributed by atoms with van der Waals surface area (Å²) in [6, 6.07) is 1.90. The van der Waals surface area contributed by atoms with Crippen molar-refractivity contribution in [2.24, 2.45) is 11.5 Å². The molecule has 1 amide bonds. The number of carbonyl (C=O) groups is 2. The van der Waals surface area contributed by atoms with Crippen LogP contribution in [0.1, 0.15) is 16.2 Å². The Morgan fingerprint density at radius 1 is 1.46 bits per heavy atom. The molecule has 1 rings (SSSR count). The monoisotopic (exact) mass is 183 g/mol. The number of amides is 1. The predicted octanol–water partition coefficient (Wildman–Crippen LogP) is -0.428. The molecule has 6 nitrogen and oxygen atoms in total. The van der Waals surface area contributed by atoms with Gasteiger partial charge in [-0.2, -0.15) is 0 Å². The topological polar surface area (TPSA) is 111 Å². The summed E-state index contributed by atoms with van der Waals surface area (Å²) in [5.74, 6) is -1.21. The zero-order chi connectivity index (χ0) is 10.0. The minimum absolute atomic E-state index is 0.0657. The van der Waals surface area contributed by atoms with Gasteiger partial charge in [0, 0.05) is 12.2 Å². The molecule has 0 saturated carbocycles. The second-order valence-corrected chi connectivity index (χ2v) is 2.39. The third-order valence-corrected chi connectivity index (χ3v) is 1.61. The number of hydrogen-bond donors (Lipinski definition) is 3. The van der Waals surface area contributed by atoms with Gasteiger partial charge >= 0.3 is 12.0 Å². The first-order valence-corrected chi connectivity index (χ1v) is 3.51. The van der Waals surface area contributed by atoms with Crippen LogP contribution in [0, 0.1) is 0 Å². The highest BCUT2D eigenvalue weighted by Gasteiger charge is 2.16. The fraction of sp³-hybridized carbons (Fsp3) is 0.143. The SMILES string of the molecule is NCc1ccc(C(=O)O)n1C(N)=O. The van der Waals surface area contributed by atoms with E-state index in [4.69, 9.17) is 16.6 Å². The van der Waals surface area contributed by atoms with Gasteiger partial charge in [-0.15, -0.1) is 0 Å². The standard InChI is InChI=1S/C7H9N3O3/c8-3-4-1-2-5(6(11)12)10(4)7(9)13/h1-2H,3,8H2,(H2,9,13)(H,11,12). The van der Waals surface area contributed by atoms with Gasteiger partial charge in [-0.25, -0.2) is 9.59 Å². The molecule has 70 valence electrons. The average molecular weight is 183 g/mol. The average Bonchev–Trinajstić information content (AvgIpc) is 2.46. The summed E-state index contributed by atoms with van der Waals surface area (Å²) in [7, 11) is 0. The minimum atomic E-state index is -1.21. The van der Waals surface area contributed by atoms with Gasteiger partial charge in [0.05, 0.1) is 0 Å². The van der Waals surface area contributed by atoms with Crippen LogP contribution in [-0.4, -0.2) is 21.7 Å². The normalized spacial score (nSPS) is 9.92. The van der Waals surface area contributed by atoms with Gasteiger partial charge in [-0.3, -0.25) is 4.57 Å². The van der Waals surface area contributed by atoms with E-state index in [-0.39, 0.29) is 12.2 Å². The molecule has 0 spiro atoms. The van der Waals surface area contributed by atoms with E-state index in [1.807, 2.05) is 0 Å². The predicted molar refractivity (Wildman–Crippen MR) is 44.3 cm³/mol.